The van der Waals surface area contributed by atoms with E-state index in [0.717, 1.165) is 6.07 Å². The lowest BCUT2D eigenvalue weighted by Gasteiger charge is -2.19. The van der Waals surface area contributed by atoms with Crippen molar-refractivity contribution in [3.63, 3.8) is 0 Å². The lowest BCUT2D eigenvalue weighted by atomic mass is 10.1. The van der Waals surface area contributed by atoms with Crippen LogP contribution in [-0.2, 0) is 19.7 Å². The number of hydrogen-bond acceptors (Lipinski definition) is 7. The molecule has 2 aromatic rings. The maximum absolute atomic E-state index is 13.3. The molecule has 0 saturated heterocycles. The summed E-state index contributed by atoms with van der Waals surface area (Å²) in [5, 5.41) is -4.89. The van der Waals surface area contributed by atoms with E-state index in [-0.39, 0.29) is 16.5 Å². The Morgan fingerprint density at radius 1 is 0.963 bits per heavy atom. The number of benzene rings is 2. The number of alkyl halides is 3. The minimum Gasteiger partial charge on any atom is -0.743 e. The number of hydrogen-bond donors (Lipinski definition) is 0. The molecule has 0 fully saturated rings. The topological polar surface area (TPSA) is 110 Å². The van der Waals surface area contributed by atoms with Crippen LogP contribution in [0.25, 0.3) is 10.8 Å². The largest absolute Gasteiger partial charge is 0.743 e. The van der Waals surface area contributed by atoms with Crippen LogP contribution in [0.3, 0.4) is 0 Å². The molecule has 0 radical (unpaired) electrons. The van der Waals surface area contributed by atoms with Gasteiger partial charge in [0.05, 0.1) is 0 Å². The second-order valence-corrected chi connectivity index (χ2v) is 9.95. The molecule has 0 heterocycles. The lowest BCUT2D eigenvalue weighted by molar-refractivity contribution is -0.151. The van der Waals surface area contributed by atoms with Crippen molar-refractivity contribution in [2.45, 2.75) is 22.5 Å². The number of carbonyl (C=O) groups excluding carboxylic acids is 2. The van der Waals surface area contributed by atoms with Crippen molar-refractivity contribution in [1.82, 2.24) is 0 Å². The zero-order valence-corrected chi connectivity index (χ0v) is 16.8. The van der Waals surface area contributed by atoms with Gasteiger partial charge in [-0.05, 0) is 26.0 Å². The van der Waals surface area contributed by atoms with Gasteiger partial charge in [0.25, 0.3) is 0 Å². The Hall–Kier alpha value is -1.86. The summed E-state index contributed by atoms with van der Waals surface area (Å²) in [6.07, 6.45) is 0. The van der Waals surface area contributed by atoms with Gasteiger partial charge in [-0.3, -0.25) is 4.79 Å². The zero-order chi connectivity index (χ0) is 20.6. The molecule has 0 aliphatic carbocycles. The van der Waals surface area contributed by atoms with E-state index in [1.54, 1.807) is 19.9 Å². The van der Waals surface area contributed by atoms with E-state index >= 15 is 0 Å². The predicted octanol–water partition coefficient (Wildman–Crippen LogP) is 3.00. The molecule has 2 rings (SSSR count). The normalized spacial score (nSPS) is 12.7. The molecule has 0 aliphatic heterocycles. The highest BCUT2D eigenvalue weighted by molar-refractivity contribution is 14.1. The Labute approximate surface area is 166 Å². The third-order valence-electron chi connectivity index (χ3n) is 3.29. The first-order valence-electron chi connectivity index (χ1n) is 7.23. The molecule has 0 unspecified atom stereocenters. The van der Waals surface area contributed by atoms with Crippen molar-refractivity contribution in [1.29, 1.82) is 0 Å². The van der Waals surface area contributed by atoms with E-state index in [1.165, 1.54) is 24.3 Å². The van der Waals surface area contributed by atoms with Crippen LogP contribution in [0.2, 0.25) is 0 Å². The van der Waals surface area contributed by atoms with E-state index in [0.29, 0.717) is 0 Å². The number of halogens is 3. The molecule has 0 aliphatic rings. The standard InChI is InChI=1S/C16H13F2IO7S/c1-15(2,19)13(20)25-11-7-8-12(10-6-4-3-5-9(10)11)26-14(21)16(17,18)27(22,23)24/h3-8H,1-2H3,(H,22,23,24)/p-1. The fourth-order valence-corrected chi connectivity index (χ4v) is 2.26. The minimum absolute atomic E-state index is 0.0864. The number of ether oxygens (including phenoxy) is 2. The second kappa shape index (κ2) is 7.28. The van der Waals surface area contributed by atoms with Gasteiger partial charge in [-0.15, -0.1) is 0 Å². The second-order valence-electron chi connectivity index (χ2n) is 5.83. The fourth-order valence-electron chi connectivity index (χ4n) is 1.90. The van der Waals surface area contributed by atoms with Crippen LogP contribution in [-0.4, -0.2) is 33.6 Å². The SMILES string of the molecule is CC(C)(I)C(=O)Oc1ccc(OC(=O)C(F)(F)S(=O)(=O)[O-])c2ccccc12. The number of rotatable bonds is 5. The number of carbonyl (C=O) groups is 2. The molecule has 11 heteroatoms. The summed E-state index contributed by atoms with van der Waals surface area (Å²) in [5.74, 6) is -3.43. The van der Waals surface area contributed by atoms with Crippen molar-refractivity contribution < 1.29 is 40.8 Å². The Kier molecular flexibility index (Phi) is 5.78. The number of fused-ring (bicyclic) bond motifs is 1. The van der Waals surface area contributed by atoms with Crippen molar-refractivity contribution in [3.05, 3.63) is 36.4 Å². The highest BCUT2D eigenvalue weighted by atomic mass is 127. The highest BCUT2D eigenvalue weighted by Gasteiger charge is 2.49. The van der Waals surface area contributed by atoms with Crippen LogP contribution in [0.1, 0.15) is 13.8 Å². The molecule has 0 saturated carbocycles. The Morgan fingerprint density at radius 3 is 1.74 bits per heavy atom. The smallest absolute Gasteiger partial charge is 0.429 e. The van der Waals surface area contributed by atoms with Crippen molar-refractivity contribution in [2.75, 3.05) is 0 Å². The lowest BCUT2D eigenvalue weighted by Crippen LogP contribution is -2.40. The number of esters is 2. The molecule has 146 valence electrons. The van der Waals surface area contributed by atoms with Gasteiger partial charge in [0, 0.05) is 10.8 Å². The molecule has 0 aromatic heterocycles. The molecular formula is C16H12F2IO7S-. The summed E-state index contributed by atoms with van der Waals surface area (Å²) in [6, 6.07) is 8.19. The van der Waals surface area contributed by atoms with Crippen molar-refractivity contribution in [2.24, 2.45) is 0 Å². The molecule has 0 atom stereocenters. The van der Waals surface area contributed by atoms with E-state index in [9.17, 15) is 31.3 Å². The molecule has 0 N–H and O–H groups in total. The molecule has 27 heavy (non-hydrogen) atoms. The Balaban J connectivity index is 2.46. The van der Waals surface area contributed by atoms with Gasteiger partial charge in [0.1, 0.15) is 14.9 Å². The van der Waals surface area contributed by atoms with Gasteiger partial charge < -0.3 is 14.0 Å². The summed E-state index contributed by atoms with van der Waals surface area (Å²) in [4.78, 5) is 23.5. The van der Waals surface area contributed by atoms with Crippen molar-refractivity contribution in [3.8, 4) is 11.5 Å². The average molecular weight is 513 g/mol. The summed E-state index contributed by atoms with van der Waals surface area (Å²) in [5.41, 5.74) is 0. The van der Waals surface area contributed by atoms with Gasteiger partial charge >= 0.3 is 17.2 Å². The maximum atomic E-state index is 13.3. The predicted molar refractivity (Wildman–Crippen MR) is 98.0 cm³/mol. The first-order valence-corrected chi connectivity index (χ1v) is 9.72. The van der Waals surface area contributed by atoms with E-state index < -0.39 is 36.5 Å². The van der Waals surface area contributed by atoms with Crippen LogP contribution in [0.15, 0.2) is 36.4 Å². The molecular weight excluding hydrogens is 501 g/mol. The average Bonchev–Trinajstić information content (AvgIpc) is 2.54. The molecule has 7 nitrogen and oxygen atoms in total. The summed E-state index contributed by atoms with van der Waals surface area (Å²) in [6.45, 7) is 3.25. The molecule has 0 amide bonds. The third-order valence-corrected chi connectivity index (χ3v) is 4.52. The molecule has 0 bridgehead atoms. The minimum atomic E-state index is -6.24. The Bertz CT molecular complexity index is 1010. The van der Waals surface area contributed by atoms with E-state index in [4.69, 9.17) is 4.74 Å². The Morgan fingerprint density at radius 2 is 1.37 bits per heavy atom. The van der Waals surface area contributed by atoms with Crippen LogP contribution >= 0.6 is 22.6 Å². The quantitative estimate of drug-likeness (QED) is 0.199. The van der Waals surface area contributed by atoms with Crippen LogP contribution in [0.5, 0.6) is 11.5 Å². The third kappa shape index (κ3) is 4.52. The van der Waals surface area contributed by atoms with Crippen LogP contribution in [0.4, 0.5) is 8.78 Å². The van der Waals surface area contributed by atoms with Gasteiger partial charge in [-0.2, -0.15) is 8.78 Å². The van der Waals surface area contributed by atoms with Gasteiger partial charge in [-0.1, -0.05) is 46.9 Å². The van der Waals surface area contributed by atoms with Crippen LogP contribution < -0.4 is 9.47 Å². The zero-order valence-electron chi connectivity index (χ0n) is 13.9. The van der Waals surface area contributed by atoms with Gasteiger partial charge in [0.15, 0.2) is 10.1 Å². The van der Waals surface area contributed by atoms with Gasteiger partial charge in [-0.25, -0.2) is 13.2 Å². The fraction of sp³-hybridized carbons (Fsp3) is 0.250. The first kappa shape index (κ1) is 21.4. The first-order chi connectivity index (χ1) is 12.2. The summed E-state index contributed by atoms with van der Waals surface area (Å²) < 4.78 is 67.2. The monoisotopic (exact) mass is 513 g/mol. The van der Waals surface area contributed by atoms with Gasteiger partial charge in [0.2, 0.25) is 0 Å². The summed E-state index contributed by atoms with van der Waals surface area (Å²) >= 11 is 1.88. The summed E-state index contributed by atoms with van der Waals surface area (Å²) in [7, 11) is -6.24. The van der Waals surface area contributed by atoms with E-state index in [2.05, 4.69) is 4.74 Å². The molecule has 0 spiro atoms. The van der Waals surface area contributed by atoms with E-state index in [1.807, 2.05) is 22.6 Å². The maximum Gasteiger partial charge on any atom is 0.429 e. The van der Waals surface area contributed by atoms with Crippen molar-refractivity contribution >= 4 is 55.4 Å². The molecule has 2 aromatic carbocycles. The highest BCUT2D eigenvalue weighted by Crippen LogP contribution is 2.35. The van der Waals surface area contributed by atoms with Crippen LogP contribution in [0, 0.1) is 0 Å².